The fourth-order valence-electron chi connectivity index (χ4n) is 2.33. The summed E-state index contributed by atoms with van der Waals surface area (Å²) in [6.45, 7) is 10.9. The highest BCUT2D eigenvalue weighted by Gasteiger charge is 2.20. The molecule has 0 aromatic carbocycles. The van der Waals surface area contributed by atoms with Crippen LogP contribution in [-0.2, 0) is 11.3 Å². The predicted octanol–water partition coefficient (Wildman–Crippen LogP) is 0.891. The topological polar surface area (TPSA) is 61.4 Å². The van der Waals surface area contributed by atoms with Gasteiger partial charge in [-0.15, -0.1) is 0 Å². The Morgan fingerprint density at radius 2 is 1.86 bits per heavy atom. The summed E-state index contributed by atoms with van der Waals surface area (Å²) in [5, 5.41) is 3.38. The molecule has 2 heterocycles. The first-order chi connectivity index (χ1) is 10.1. The standard InChI is InChI=1S/C15H25N5O/c1-12(2)8-16-9-14-10-17-15(18-11-14)20-6-4-19(5-7-20)13(3)21/h10-12,16H,4-9H2,1-3H3. The minimum Gasteiger partial charge on any atom is -0.339 e. The lowest BCUT2D eigenvalue weighted by atomic mass is 10.2. The van der Waals surface area contributed by atoms with Gasteiger partial charge >= 0.3 is 0 Å². The molecule has 1 aliphatic rings. The van der Waals surface area contributed by atoms with E-state index in [1.165, 1.54) is 0 Å². The second kappa shape index (κ2) is 7.36. The lowest BCUT2D eigenvalue weighted by Gasteiger charge is -2.34. The lowest BCUT2D eigenvalue weighted by molar-refractivity contribution is -0.129. The molecular formula is C15H25N5O. The molecule has 0 bridgehead atoms. The van der Waals surface area contributed by atoms with E-state index in [4.69, 9.17) is 0 Å². The van der Waals surface area contributed by atoms with Crippen molar-refractivity contribution < 1.29 is 4.79 Å². The number of anilines is 1. The highest BCUT2D eigenvalue weighted by atomic mass is 16.2. The Morgan fingerprint density at radius 3 is 2.38 bits per heavy atom. The van der Waals surface area contributed by atoms with Crippen molar-refractivity contribution >= 4 is 11.9 Å². The number of aromatic nitrogens is 2. The van der Waals surface area contributed by atoms with Crippen LogP contribution in [0.2, 0.25) is 0 Å². The minimum absolute atomic E-state index is 0.141. The van der Waals surface area contributed by atoms with Crippen LogP contribution in [0.3, 0.4) is 0 Å². The second-order valence-electron chi connectivity index (χ2n) is 5.91. The number of rotatable bonds is 5. The van der Waals surface area contributed by atoms with E-state index in [0.717, 1.165) is 50.8 Å². The molecule has 1 aliphatic heterocycles. The van der Waals surface area contributed by atoms with Crippen molar-refractivity contribution in [3.63, 3.8) is 0 Å². The van der Waals surface area contributed by atoms with Crippen molar-refractivity contribution in [3.8, 4) is 0 Å². The molecule has 0 aliphatic carbocycles. The molecule has 1 saturated heterocycles. The Kier molecular flexibility index (Phi) is 5.50. The van der Waals surface area contributed by atoms with Gasteiger partial charge in [0, 0.05) is 57.6 Å². The van der Waals surface area contributed by atoms with Crippen LogP contribution in [0.1, 0.15) is 26.3 Å². The van der Waals surface area contributed by atoms with Crippen LogP contribution in [0.25, 0.3) is 0 Å². The normalized spacial score (nSPS) is 15.6. The summed E-state index contributed by atoms with van der Waals surface area (Å²) in [6.07, 6.45) is 3.76. The highest BCUT2D eigenvalue weighted by Crippen LogP contribution is 2.11. The number of hydrogen-bond donors (Lipinski definition) is 1. The Balaban J connectivity index is 1.84. The van der Waals surface area contributed by atoms with E-state index in [1.54, 1.807) is 6.92 Å². The molecule has 6 heteroatoms. The number of nitrogens with zero attached hydrogens (tertiary/aromatic N) is 4. The van der Waals surface area contributed by atoms with Gasteiger partial charge in [-0.1, -0.05) is 13.8 Å². The fourth-order valence-corrected chi connectivity index (χ4v) is 2.33. The summed E-state index contributed by atoms with van der Waals surface area (Å²) < 4.78 is 0. The number of carbonyl (C=O) groups excluding carboxylic acids is 1. The largest absolute Gasteiger partial charge is 0.339 e. The van der Waals surface area contributed by atoms with Crippen molar-refractivity contribution in [2.45, 2.75) is 27.3 Å². The number of piperazine rings is 1. The molecule has 2 rings (SSSR count). The molecule has 0 saturated carbocycles. The molecule has 0 spiro atoms. The molecule has 6 nitrogen and oxygen atoms in total. The zero-order chi connectivity index (χ0) is 15.2. The highest BCUT2D eigenvalue weighted by molar-refractivity contribution is 5.73. The smallest absolute Gasteiger partial charge is 0.225 e. The maximum atomic E-state index is 11.3. The fraction of sp³-hybridized carbons (Fsp3) is 0.667. The zero-order valence-electron chi connectivity index (χ0n) is 13.2. The van der Waals surface area contributed by atoms with E-state index in [1.807, 2.05) is 17.3 Å². The van der Waals surface area contributed by atoms with Crippen LogP contribution < -0.4 is 10.2 Å². The van der Waals surface area contributed by atoms with Gasteiger partial charge in [-0.2, -0.15) is 0 Å². The minimum atomic E-state index is 0.141. The average Bonchev–Trinajstić information content (AvgIpc) is 2.48. The summed E-state index contributed by atoms with van der Waals surface area (Å²) in [7, 11) is 0. The van der Waals surface area contributed by atoms with Gasteiger partial charge in [-0.05, 0) is 12.5 Å². The van der Waals surface area contributed by atoms with E-state index < -0.39 is 0 Å². The average molecular weight is 291 g/mol. The predicted molar refractivity (Wildman–Crippen MR) is 83.0 cm³/mol. The molecule has 1 aromatic heterocycles. The van der Waals surface area contributed by atoms with Crippen LogP contribution in [0.5, 0.6) is 0 Å². The van der Waals surface area contributed by atoms with Crippen molar-refractivity contribution in [1.29, 1.82) is 0 Å². The van der Waals surface area contributed by atoms with Crippen LogP contribution in [0.15, 0.2) is 12.4 Å². The molecule has 1 aromatic rings. The van der Waals surface area contributed by atoms with E-state index in [9.17, 15) is 4.79 Å². The number of nitrogens with one attached hydrogen (secondary N) is 1. The summed E-state index contributed by atoms with van der Waals surface area (Å²) in [5.74, 6) is 1.54. The number of hydrogen-bond acceptors (Lipinski definition) is 5. The first-order valence-electron chi connectivity index (χ1n) is 7.58. The monoisotopic (exact) mass is 291 g/mol. The van der Waals surface area contributed by atoms with Crippen LogP contribution in [0, 0.1) is 5.92 Å². The number of carbonyl (C=O) groups is 1. The second-order valence-corrected chi connectivity index (χ2v) is 5.91. The molecule has 0 radical (unpaired) electrons. The zero-order valence-corrected chi connectivity index (χ0v) is 13.2. The van der Waals surface area contributed by atoms with Crippen LogP contribution in [0.4, 0.5) is 5.95 Å². The van der Waals surface area contributed by atoms with E-state index in [-0.39, 0.29) is 5.91 Å². The third-order valence-electron chi connectivity index (χ3n) is 3.58. The molecule has 0 atom stereocenters. The van der Waals surface area contributed by atoms with Gasteiger partial charge in [0.05, 0.1) is 0 Å². The molecular weight excluding hydrogens is 266 g/mol. The maximum absolute atomic E-state index is 11.3. The van der Waals surface area contributed by atoms with Gasteiger partial charge in [0.15, 0.2) is 0 Å². The van der Waals surface area contributed by atoms with Gasteiger partial charge in [0.25, 0.3) is 0 Å². The quantitative estimate of drug-likeness (QED) is 0.873. The molecule has 0 unspecified atom stereocenters. The molecule has 1 fully saturated rings. The number of amides is 1. The van der Waals surface area contributed by atoms with Crippen LogP contribution in [-0.4, -0.2) is 53.5 Å². The Morgan fingerprint density at radius 1 is 1.24 bits per heavy atom. The van der Waals surface area contributed by atoms with Gasteiger partial charge in [0.1, 0.15) is 0 Å². The molecule has 116 valence electrons. The Hall–Kier alpha value is -1.69. The van der Waals surface area contributed by atoms with Crippen LogP contribution >= 0.6 is 0 Å². The van der Waals surface area contributed by atoms with Gasteiger partial charge in [0.2, 0.25) is 11.9 Å². The lowest BCUT2D eigenvalue weighted by Crippen LogP contribution is -2.48. The first kappa shape index (κ1) is 15.7. The molecule has 21 heavy (non-hydrogen) atoms. The van der Waals surface area contributed by atoms with Crippen molar-refractivity contribution in [2.75, 3.05) is 37.6 Å². The molecule has 1 N–H and O–H groups in total. The Labute approximate surface area is 126 Å². The summed E-state index contributed by atoms with van der Waals surface area (Å²) in [4.78, 5) is 24.2. The summed E-state index contributed by atoms with van der Waals surface area (Å²) in [5.41, 5.74) is 1.10. The maximum Gasteiger partial charge on any atom is 0.225 e. The van der Waals surface area contributed by atoms with Crippen molar-refractivity contribution in [1.82, 2.24) is 20.2 Å². The van der Waals surface area contributed by atoms with Gasteiger partial charge in [-0.3, -0.25) is 4.79 Å². The van der Waals surface area contributed by atoms with Crippen molar-refractivity contribution in [2.24, 2.45) is 5.92 Å². The third-order valence-corrected chi connectivity index (χ3v) is 3.58. The van der Waals surface area contributed by atoms with Gasteiger partial charge < -0.3 is 15.1 Å². The third kappa shape index (κ3) is 4.67. The Bertz CT molecular complexity index is 452. The van der Waals surface area contributed by atoms with E-state index in [2.05, 4.69) is 34.0 Å². The van der Waals surface area contributed by atoms with Gasteiger partial charge in [-0.25, -0.2) is 9.97 Å². The SMILES string of the molecule is CC(=O)N1CCN(c2ncc(CNCC(C)C)cn2)CC1. The first-order valence-corrected chi connectivity index (χ1v) is 7.58. The van der Waals surface area contributed by atoms with E-state index >= 15 is 0 Å². The van der Waals surface area contributed by atoms with E-state index in [0.29, 0.717) is 5.92 Å². The molecule has 1 amide bonds. The van der Waals surface area contributed by atoms with Crippen molar-refractivity contribution in [3.05, 3.63) is 18.0 Å². The summed E-state index contributed by atoms with van der Waals surface area (Å²) in [6, 6.07) is 0. The summed E-state index contributed by atoms with van der Waals surface area (Å²) >= 11 is 0.